The lowest BCUT2D eigenvalue weighted by Gasteiger charge is -2.39. The highest BCUT2D eigenvalue weighted by molar-refractivity contribution is 7.98. The van der Waals surface area contributed by atoms with Crippen LogP contribution in [0.5, 0.6) is 0 Å². The second-order valence-corrected chi connectivity index (χ2v) is 25.0. The highest BCUT2D eigenvalue weighted by Gasteiger charge is 2.38. The molecule has 17 nitrogen and oxygen atoms in total. The molecular weight excluding hydrogens is 1120 g/mol. The van der Waals surface area contributed by atoms with Crippen LogP contribution in [0.2, 0.25) is 0 Å². The number of rotatable bonds is 7. The summed E-state index contributed by atoms with van der Waals surface area (Å²) < 4.78 is 11.9. The molecule has 0 radical (unpaired) electrons. The molecule has 5 aliphatic rings. The molecule has 0 saturated heterocycles. The monoisotopic (exact) mass is 1190 g/mol. The summed E-state index contributed by atoms with van der Waals surface area (Å²) in [7, 11) is 0. The van der Waals surface area contributed by atoms with E-state index in [4.69, 9.17) is 10.5 Å². The molecule has 0 amide bonds. The number of nitriles is 2. The highest BCUT2D eigenvalue weighted by Crippen LogP contribution is 2.47. The van der Waals surface area contributed by atoms with Crippen LogP contribution in [-0.4, -0.2) is 58.9 Å². The molecule has 10 aromatic rings. The number of hydrogen-bond donors (Lipinski definition) is 0. The first-order chi connectivity index (χ1) is 42.9. The van der Waals surface area contributed by atoms with Crippen LogP contribution in [0.15, 0.2) is 189 Å². The van der Waals surface area contributed by atoms with Crippen LogP contribution in [0, 0.1) is 49.3 Å². The molecule has 6 aromatic heterocycles. The van der Waals surface area contributed by atoms with Crippen LogP contribution in [-0.2, 0) is 32.7 Å². The Balaban J connectivity index is 0.000000114. The molecule has 6 atom stereocenters. The molecule has 448 valence electrons. The number of nitrogens with zero attached hydrogens (tertiary/aromatic N) is 14. The van der Waals surface area contributed by atoms with Crippen molar-refractivity contribution in [3.8, 4) is 12.1 Å². The number of aryl methyl sites for hydroxylation is 5. The number of nitro benzene ring substituents is 1. The van der Waals surface area contributed by atoms with Gasteiger partial charge >= 0.3 is 0 Å². The van der Waals surface area contributed by atoms with Gasteiger partial charge in [0.25, 0.3) is 5.69 Å². The zero-order valence-electron chi connectivity index (χ0n) is 50.4. The molecule has 0 N–H and O–H groups in total. The molecule has 18 heteroatoms. The van der Waals surface area contributed by atoms with Gasteiger partial charge in [-0.3, -0.25) is 10.1 Å². The normalized spacial score (nSPS) is 19.9. The molecule has 15 rings (SSSR count). The minimum absolute atomic E-state index is 0.0860. The first-order valence-corrected chi connectivity index (χ1v) is 31.7. The minimum Gasteiger partial charge on any atom is -0.619 e. The number of para-hydroxylation sites is 1. The largest absolute Gasteiger partial charge is 0.619 e. The third-order valence-electron chi connectivity index (χ3n) is 18.3. The smallest absolute Gasteiger partial charge is 0.273 e. The van der Waals surface area contributed by atoms with Crippen LogP contribution >= 0.6 is 11.8 Å². The van der Waals surface area contributed by atoms with E-state index < -0.39 is 0 Å². The van der Waals surface area contributed by atoms with Gasteiger partial charge < -0.3 is 28.0 Å². The molecule has 5 aliphatic heterocycles. The number of thioether (sulfide) groups is 1. The molecule has 0 saturated carbocycles. The van der Waals surface area contributed by atoms with Gasteiger partial charge in [-0.25, -0.2) is 24.9 Å². The third-order valence-corrected chi connectivity index (χ3v) is 19.0. The number of pyridine rings is 1. The van der Waals surface area contributed by atoms with Crippen LogP contribution in [0.4, 0.5) is 5.69 Å². The Hall–Kier alpha value is -9.39. The van der Waals surface area contributed by atoms with E-state index in [1.54, 1.807) is 42.6 Å². The summed E-state index contributed by atoms with van der Waals surface area (Å²) in [6.07, 6.45) is 33.5. The summed E-state index contributed by atoms with van der Waals surface area (Å²) in [5, 5.41) is 39.9. The fourth-order valence-corrected chi connectivity index (χ4v) is 14.0. The van der Waals surface area contributed by atoms with E-state index in [0.717, 1.165) is 80.0 Å². The van der Waals surface area contributed by atoms with E-state index in [-0.39, 0.29) is 21.9 Å². The van der Waals surface area contributed by atoms with Gasteiger partial charge in [0, 0.05) is 150 Å². The van der Waals surface area contributed by atoms with E-state index in [9.17, 15) is 15.3 Å². The van der Waals surface area contributed by atoms with Crippen molar-refractivity contribution in [2.24, 2.45) is 11.3 Å². The minimum atomic E-state index is -0.301. The Bertz CT molecular complexity index is 4010. The lowest BCUT2D eigenvalue weighted by Crippen LogP contribution is -2.31. The molecule has 0 fully saturated rings. The van der Waals surface area contributed by atoms with Gasteiger partial charge in [-0.1, -0.05) is 75.4 Å². The molecule has 11 heterocycles. The predicted octanol–water partition coefficient (Wildman–Crippen LogP) is 13.9. The van der Waals surface area contributed by atoms with Gasteiger partial charge in [0.1, 0.15) is 0 Å². The Kier molecular flexibility index (Phi) is 18.9. The Morgan fingerprint density at radius 2 is 0.989 bits per heavy atom. The van der Waals surface area contributed by atoms with E-state index >= 15 is 0 Å². The second-order valence-electron chi connectivity index (χ2n) is 24.1. The topological polar surface area (TPSA) is 207 Å². The van der Waals surface area contributed by atoms with Crippen molar-refractivity contribution in [1.82, 2.24) is 47.8 Å². The molecule has 0 spiro atoms. The summed E-state index contributed by atoms with van der Waals surface area (Å²) in [6.45, 7) is 12.1. The van der Waals surface area contributed by atoms with E-state index in [2.05, 4.69) is 135 Å². The SMILES string of the molecule is CC1(C)CCn2cncc2C1c1ccc(C#N)cc1.CSc1ccc(C2CCCn3cncc32)cc1.C[C@@H]1CCn2cncc2[C@H]1c1ccc(C#N)cc1.O=[N+]([O-])c1ccccc1C1CCCn2cncc21.[O-][n+]1ccc(C2CCCn3cncc32)cc1. The summed E-state index contributed by atoms with van der Waals surface area (Å²) in [5.41, 5.74) is 14.1. The van der Waals surface area contributed by atoms with Gasteiger partial charge in [-0.15, -0.1) is 11.8 Å². The maximum Gasteiger partial charge on any atom is 0.273 e. The molecule has 4 aromatic carbocycles. The van der Waals surface area contributed by atoms with Gasteiger partial charge in [0.05, 0.1) is 59.8 Å². The van der Waals surface area contributed by atoms with E-state index in [1.165, 1.54) is 75.6 Å². The quantitative estimate of drug-likeness (QED) is 0.0482. The number of nitro groups is 1. The van der Waals surface area contributed by atoms with E-state index in [1.807, 2.05) is 105 Å². The first-order valence-electron chi connectivity index (χ1n) is 30.5. The van der Waals surface area contributed by atoms with Crippen molar-refractivity contribution in [2.45, 2.75) is 139 Å². The molecule has 88 heavy (non-hydrogen) atoms. The number of hydrogen-bond acceptors (Lipinski definition) is 11. The Morgan fingerprint density at radius 3 is 1.51 bits per heavy atom. The van der Waals surface area contributed by atoms with Crippen molar-refractivity contribution in [3.63, 3.8) is 0 Å². The highest BCUT2D eigenvalue weighted by atomic mass is 32.2. The van der Waals surface area contributed by atoms with Gasteiger partial charge in [-0.2, -0.15) is 15.3 Å². The standard InChI is InChI=1S/C16H17N3.C15H15N3.C14H16N2S.C13H13N3O2.C12H13N3O/c1-16(2)7-8-19-11-18-10-14(19)15(16)13-5-3-12(9-17)4-6-13;1-11-6-7-18-10-17-9-14(18)15(11)13-4-2-12(8-16)3-5-13;1-17-12-6-4-11(5-7-12)13-3-2-8-16-10-15-9-14(13)16;17-16(18)12-6-2-1-4-10(12)11-5-3-7-15-9-14-8-13(11)15;16-15-6-3-10(4-7-15)11-2-1-5-14-9-13-8-12(11)14/h3-6,10-11,15H,7-8H2,1-2H3;2-5,9-11,15H,6-7H2,1H3;4-7,9-10,13H,2-3,8H2,1H3;1-2,4,6,8-9,11H,3,5,7H2;3-4,6-9,11H,1-2,5H2/t;11-,15-;;;/m.1.../s1. The lowest BCUT2D eigenvalue weighted by atomic mass is 9.69. The fourth-order valence-electron chi connectivity index (χ4n) is 13.6. The number of imidazole rings is 5. The first kappa shape index (κ1) is 60.3. The van der Waals surface area contributed by atoms with Crippen molar-refractivity contribution < 1.29 is 9.65 Å². The van der Waals surface area contributed by atoms with Crippen molar-refractivity contribution in [3.05, 3.63) is 267 Å². The van der Waals surface area contributed by atoms with Gasteiger partial charge in [-0.05, 0) is 128 Å². The maximum absolute atomic E-state index is 11.1. The van der Waals surface area contributed by atoms with Crippen LogP contribution in [0.3, 0.4) is 0 Å². The van der Waals surface area contributed by atoms with Crippen molar-refractivity contribution >= 4 is 17.4 Å². The summed E-state index contributed by atoms with van der Waals surface area (Å²) in [5.74, 6) is 2.36. The Morgan fingerprint density at radius 1 is 0.545 bits per heavy atom. The number of aromatic nitrogens is 11. The zero-order valence-corrected chi connectivity index (χ0v) is 51.2. The molecule has 0 bridgehead atoms. The lowest BCUT2D eigenvalue weighted by molar-refractivity contribution is -0.605. The Labute approximate surface area is 518 Å². The van der Waals surface area contributed by atoms with E-state index in [0.29, 0.717) is 35.2 Å². The summed E-state index contributed by atoms with van der Waals surface area (Å²) in [6, 6.07) is 40.0. The number of benzene rings is 4. The van der Waals surface area contributed by atoms with Crippen LogP contribution in [0.25, 0.3) is 0 Å². The predicted molar refractivity (Wildman–Crippen MR) is 339 cm³/mol. The summed E-state index contributed by atoms with van der Waals surface area (Å²) in [4.78, 5) is 33.3. The number of fused-ring (bicyclic) bond motifs is 5. The third kappa shape index (κ3) is 13.4. The average Bonchev–Trinajstić information content (AvgIpc) is 3.93. The molecular formula is C70H74N14O3S. The maximum atomic E-state index is 11.1. The van der Waals surface area contributed by atoms with Crippen LogP contribution < -0.4 is 4.73 Å². The molecule has 0 aliphatic carbocycles. The van der Waals surface area contributed by atoms with Gasteiger partial charge in [0.15, 0.2) is 12.4 Å². The van der Waals surface area contributed by atoms with Crippen molar-refractivity contribution in [2.75, 3.05) is 6.26 Å². The zero-order chi connectivity index (χ0) is 61.2. The second kappa shape index (κ2) is 27.5. The fraction of sp³-hybridized carbons (Fsp3) is 0.343. The average molecular weight is 1190 g/mol. The summed E-state index contributed by atoms with van der Waals surface area (Å²) >= 11 is 1.79. The molecule has 4 unspecified atom stereocenters. The van der Waals surface area contributed by atoms with Crippen LogP contribution in [0.1, 0.15) is 169 Å². The van der Waals surface area contributed by atoms with Gasteiger partial charge in [0.2, 0.25) is 0 Å². The van der Waals surface area contributed by atoms with Crippen molar-refractivity contribution in [1.29, 1.82) is 10.5 Å².